The molecule has 2 N–H and O–H groups in total. The number of thiazole rings is 1. The molecular weight excluding hydrogens is 334 g/mol. The maximum absolute atomic E-state index is 12.3. The summed E-state index contributed by atoms with van der Waals surface area (Å²) in [5, 5.41) is 0.777. The first-order valence-corrected chi connectivity index (χ1v) is 8.61. The van der Waals surface area contributed by atoms with E-state index in [1.807, 2.05) is 60.7 Å². The second kappa shape index (κ2) is 7.72. The zero-order valence-corrected chi connectivity index (χ0v) is 14.5. The van der Waals surface area contributed by atoms with E-state index in [9.17, 15) is 9.59 Å². The number of nitrogens with one attached hydrogen (secondary N) is 2. The van der Waals surface area contributed by atoms with E-state index in [2.05, 4.69) is 15.8 Å². The molecule has 1 heterocycles. The van der Waals surface area contributed by atoms with Gasteiger partial charge >= 0.3 is 0 Å². The minimum Gasteiger partial charge on any atom is -0.273 e. The predicted molar refractivity (Wildman–Crippen MR) is 98.0 cm³/mol. The summed E-state index contributed by atoms with van der Waals surface area (Å²) in [5.41, 5.74) is 7.39. The van der Waals surface area contributed by atoms with Crippen molar-refractivity contribution in [1.82, 2.24) is 15.8 Å². The molecular formula is C19H17N3O2S. The second-order valence-electron chi connectivity index (χ2n) is 5.46. The SMILES string of the molecule is Cc1nc(-c2ccccc2)sc1C(=O)NNC(=O)Cc1ccccc1. The van der Waals surface area contributed by atoms with Gasteiger partial charge in [-0.3, -0.25) is 20.4 Å². The van der Waals surface area contributed by atoms with Gasteiger partial charge in [-0.25, -0.2) is 4.98 Å². The average Bonchev–Trinajstić information content (AvgIpc) is 3.03. The van der Waals surface area contributed by atoms with Crippen LogP contribution in [0.2, 0.25) is 0 Å². The molecule has 0 aliphatic rings. The van der Waals surface area contributed by atoms with Gasteiger partial charge in [0.05, 0.1) is 12.1 Å². The van der Waals surface area contributed by atoms with Gasteiger partial charge in [-0.05, 0) is 12.5 Å². The average molecular weight is 351 g/mol. The lowest BCUT2D eigenvalue weighted by atomic mass is 10.1. The van der Waals surface area contributed by atoms with Gasteiger partial charge in [-0.15, -0.1) is 11.3 Å². The predicted octanol–water partition coefficient (Wildman–Crippen LogP) is 3.12. The van der Waals surface area contributed by atoms with E-state index in [0.29, 0.717) is 10.6 Å². The third kappa shape index (κ3) is 4.30. The number of carbonyl (C=O) groups excluding carboxylic acids is 2. The van der Waals surface area contributed by atoms with Crippen LogP contribution in [0.1, 0.15) is 20.9 Å². The van der Waals surface area contributed by atoms with Gasteiger partial charge in [0.1, 0.15) is 9.88 Å². The van der Waals surface area contributed by atoms with Crippen molar-refractivity contribution in [3.8, 4) is 10.6 Å². The van der Waals surface area contributed by atoms with Crippen LogP contribution in [0.3, 0.4) is 0 Å². The van der Waals surface area contributed by atoms with Crippen molar-refractivity contribution < 1.29 is 9.59 Å². The third-order valence-corrected chi connectivity index (χ3v) is 4.75. The van der Waals surface area contributed by atoms with Crippen LogP contribution in [0.4, 0.5) is 0 Å². The van der Waals surface area contributed by atoms with Crippen LogP contribution in [-0.4, -0.2) is 16.8 Å². The minimum atomic E-state index is -0.362. The van der Waals surface area contributed by atoms with E-state index in [-0.39, 0.29) is 18.2 Å². The second-order valence-corrected chi connectivity index (χ2v) is 6.46. The normalized spacial score (nSPS) is 10.3. The van der Waals surface area contributed by atoms with E-state index < -0.39 is 0 Å². The molecule has 2 amide bonds. The van der Waals surface area contributed by atoms with E-state index in [1.54, 1.807) is 6.92 Å². The molecule has 0 aliphatic heterocycles. The molecule has 0 saturated carbocycles. The van der Waals surface area contributed by atoms with Gasteiger partial charge in [-0.1, -0.05) is 60.7 Å². The molecule has 25 heavy (non-hydrogen) atoms. The molecule has 0 fully saturated rings. The highest BCUT2D eigenvalue weighted by molar-refractivity contribution is 7.17. The van der Waals surface area contributed by atoms with Gasteiger partial charge in [0.2, 0.25) is 5.91 Å². The molecule has 0 unspecified atom stereocenters. The van der Waals surface area contributed by atoms with Crippen molar-refractivity contribution in [3.05, 3.63) is 76.8 Å². The van der Waals surface area contributed by atoms with E-state index in [4.69, 9.17) is 0 Å². The molecule has 5 nitrogen and oxygen atoms in total. The zero-order valence-electron chi connectivity index (χ0n) is 13.7. The fraction of sp³-hybridized carbons (Fsp3) is 0.105. The van der Waals surface area contributed by atoms with Gasteiger partial charge < -0.3 is 0 Å². The van der Waals surface area contributed by atoms with Crippen LogP contribution in [0.15, 0.2) is 60.7 Å². The van der Waals surface area contributed by atoms with Gasteiger partial charge in [0.25, 0.3) is 5.91 Å². The quantitative estimate of drug-likeness (QED) is 0.710. The molecule has 0 atom stereocenters. The number of hydrogen-bond acceptors (Lipinski definition) is 4. The number of hydrazine groups is 1. The van der Waals surface area contributed by atoms with Crippen molar-refractivity contribution in [2.24, 2.45) is 0 Å². The maximum atomic E-state index is 12.3. The molecule has 6 heteroatoms. The van der Waals surface area contributed by atoms with E-state index in [1.165, 1.54) is 11.3 Å². The molecule has 0 spiro atoms. The molecule has 1 aromatic heterocycles. The van der Waals surface area contributed by atoms with E-state index >= 15 is 0 Å². The molecule has 2 aromatic carbocycles. The highest BCUT2D eigenvalue weighted by Gasteiger charge is 2.16. The van der Waals surface area contributed by atoms with Crippen molar-refractivity contribution in [3.63, 3.8) is 0 Å². The first-order chi connectivity index (χ1) is 12.1. The van der Waals surface area contributed by atoms with Gasteiger partial charge in [0.15, 0.2) is 0 Å². The maximum Gasteiger partial charge on any atom is 0.281 e. The van der Waals surface area contributed by atoms with Crippen LogP contribution in [-0.2, 0) is 11.2 Å². The topological polar surface area (TPSA) is 71.1 Å². The largest absolute Gasteiger partial charge is 0.281 e. The van der Waals surface area contributed by atoms with Crippen molar-refractivity contribution in [1.29, 1.82) is 0 Å². The Labute approximate surface area is 149 Å². The number of amides is 2. The Morgan fingerprint density at radius 3 is 2.28 bits per heavy atom. The van der Waals surface area contributed by atoms with Crippen LogP contribution in [0.5, 0.6) is 0 Å². The lowest BCUT2D eigenvalue weighted by Crippen LogP contribution is -2.42. The summed E-state index contributed by atoms with van der Waals surface area (Å²) >= 11 is 1.30. The molecule has 3 aromatic rings. The third-order valence-electron chi connectivity index (χ3n) is 3.55. The number of hydrogen-bond donors (Lipinski definition) is 2. The molecule has 126 valence electrons. The summed E-state index contributed by atoms with van der Waals surface area (Å²) in [6.45, 7) is 1.78. The number of benzene rings is 2. The summed E-state index contributed by atoms with van der Waals surface area (Å²) in [6.07, 6.45) is 0.206. The fourth-order valence-corrected chi connectivity index (χ4v) is 3.29. The van der Waals surface area contributed by atoms with Crippen LogP contribution >= 0.6 is 11.3 Å². The molecule has 0 radical (unpaired) electrons. The highest BCUT2D eigenvalue weighted by Crippen LogP contribution is 2.27. The van der Waals surface area contributed by atoms with Crippen LogP contribution < -0.4 is 10.9 Å². The monoisotopic (exact) mass is 351 g/mol. The summed E-state index contributed by atoms with van der Waals surface area (Å²) in [4.78, 5) is 29.2. The fourth-order valence-electron chi connectivity index (χ4n) is 2.32. The summed E-state index contributed by atoms with van der Waals surface area (Å²) < 4.78 is 0. The minimum absolute atomic E-state index is 0.206. The first-order valence-electron chi connectivity index (χ1n) is 7.79. The summed E-state index contributed by atoms with van der Waals surface area (Å²) in [6, 6.07) is 19.0. The van der Waals surface area contributed by atoms with E-state index in [0.717, 1.165) is 16.1 Å². The molecule has 3 rings (SSSR count). The van der Waals surface area contributed by atoms with Crippen molar-refractivity contribution in [2.75, 3.05) is 0 Å². The number of rotatable bonds is 4. The number of nitrogens with zero attached hydrogens (tertiary/aromatic N) is 1. The highest BCUT2D eigenvalue weighted by atomic mass is 32.1. The van der Waals surface area contributed by atoms with Gasteiger partial charge in [0, 0.05) is 5.56 Å². The zero-order chi connectivity index (χ0) is 17.6. The first kappa shape index (κ1) is 16.9. The Bertz CT molecular complexity index is 876. The van der Waals surface area contributed by atoms with Crippen molar-refractivity contribution >= 4 is 23.2 Å². The number of aryl methyl sites for hydroxylation is 1. The standard InChI is InChI=1S/C19H17N3O2S/c1-13-17(25-19(20-13)15-10-6-3-7-11-15)18(24)22-21-16(23)12-14-8-4-2-5-9-14/h2-11H,12H2,1H3,(H,21,23)(H,22,24). The smallest absolute Gasteiger partial charge is 0.273 e. The summed E-state index contributed by atoms with van der Waals surface area (Å²) in [7, 11) is 0. The Balaban J connectivity index is 1.62. The molecule has 0 saturated heterocycles. The Kier molecular flexibility index (Phi) is 5.20. The number of aromatic nitrogens is 1. The molecule has 0 aliphatic carbocycles. The lowest BCUT2D eigenvalue weighted by molar-refractivity contribution is -0.121. The van der Waals surface area contributed by atoms with Crippen molar-refractivity contribution in [2.45, 2.75) is 13.3 Å². The lowest BCUT2D eigenvalue weighted by Gasteiger charge is -2.06. The molecule has 0 bridgehead atoms. The van der Waals surface area contributed by atoms with Gasteiger partial charge in [-0.2, -0.15) is 0 Å². The Hall–Kier alpha value is -2.99. The Morgan fingerprint density at radius 1 is 0.960 bits per heavy atom. The number of carbonyl (C=O) groups is 2. The van der Waals surface area contributed by atoms with Crippen LogP contribution in [0, 0.1) is 6.92 Å². The Morgan fingerprint density at radius 2 is 1.60 bits per heavy atom. The van der Waals surface area contributed by atoms with Crippen LogP contribution in [0.25, 0.3) is 10.6 Å². The summed E-state index contributed by atoms with van der Waals surface area (Å²) in [5.74, 6) is -0.636.